The van der Waals surface area contributed by atoms with Crippen LogP contribution in [0.5, 0.6) is 5.75 Å². The molecule has 3 aromatic rings. The second-order valence-corrected chi connectivity index (χ2v) is 9.28. The average molecular weight is 424 g/mol. The first-order chi connectivity index (χ1) is 14.9. The minimum absolute atomic E-state index is 0.817. The summed E-state index contributed by atoms with van der Waals surface area (Å²) in [5.74, 6) is 0.961. The molecule has 0 saturated carbocycles. The number of ether oxygens (including phenoxy) is 1. The molecule has 1 aromatic heterocycles. The Morgan fingerprint density at radius 3 is 1.93 bits per heavy atom. The van der Waals surface area contributed by atoms with Crippen LogP contribution in [0.25, 0.3) is 20.8 Å². The number of hydrogen-bond donors (Lipinski definition) is 0. The molecule has 0 bridgehead atoms. The first-order valence-electron chi connectivity index (χ1n) is 12.0. The first-order valence-corrected chi connectivity index (χ1v) is 12.8. The Morgan fingerprint density at radius 2 is 1.30 bits per heavy atom. The van der Waals surface area contributed by atoms with Gasteiger partial charge in [-0.25, -0.2) is 4.98 Å². The second-order valence-electron chi connectivity index (χ2n) is 8.25. The largest absolute Gasteiger partial charge is 0.494 e. The minimum Gasteiger partial charge on any atom is -0.494 e. The molecule has 0 atom stereocenters. The lowest BCUT2D eigenvalue weighted by Crippen LogP contribution is -1.97. The van der Waals surface area contributed by atoms with Crippen LogP contribution in [0.15, 0.2) is 48.5 Å². The molecule has 3 rings (SSSR count). The molecule has 0 aliphatic carbocycles. The maximum absolute atomic E-state index is 5.93. The van der Waals surface area contributed by atoms with Gasteiger partial charge in [0.25, 0.3) is 0 Å². The fourth-order valence-electron chi connectivity index (χ4n) is 3.82. The molecule has 0 aliphatic rings. The zero-order valence-corrected chi connectivity index (χ0v) is 19.4. The summed E-state index contributed by atoms with van der Waals surface area (Å²) >= 11 is 1.74. The summed E-state index contributed by atoms with van der Waals surface area (Å²) in [6.45, 7) is 3.10. The molecule has 30 heavy (non-hydrogen) atoms. The van der Waals surface area contributed by atoms with Crippen molar-refractivity contribution >= 4 is 21.6 Å². The van der Waals surface area contributed by atoms with Gasteiger partial charge >= 0.3 is 0 Å². The standard InChI is InChI=1S/C27H37NOS/c1-2-3-4-5-6-7-8-9-10-11-12-15-22-29-24-20-18-23(19-21-24)27-28-25-16-13-14-17-26(25)30-27/h13-14,16-21H,2-12,15,22H2,1H3. The van der Waals surface area contributed by atoms with E-state index in [2.05, 4.69) is 49.4 Å². The van der Waals surface area contributed by atoms with Crippen molar-refractivity contribution in [1.29, 1.82) is 0 Å². The number of para-hydroxylation sites is 1. The van der Waals surface area contributed by atoms with Crippen LogP contribution >= 0.6 is 11.3 Å². The van der Waals surface area contributed by atoms with E-state index in [-0.39, 0.29) is 0 Å². The fraction of sp³-hybridized carbons (Fsp3) is 0.519. The Bertz CT molecular complexity index is 806. The number of benzene rings is 2. The number of fused-ring (bicyclic) bond motifs is 1. The molecule has 2 aromatic carbocycles. The molecule has 0 N–H and O–H groups in total. The normalized spacial score (nSPS) is 11.2. The summed E-state index contributed by atoms with van der Waals surface area (Å²) in [5.41, 5.74) is 2.23. The van der Waals surface area contributed by atoms with Gasteiger partial charge in [-0.2, -0.15) is 0 Å². The topological polar surface area (TPSA) is 22.1 Å². The third-order valence-corrected chi connectivity index (χ3v) is 6.75. The maximum Gasteiger partial charge on any atom is 0.124 e. The molecule has 0 unspecified atom stereocenters. The van der Waals surface area contributed by atoms with Crippen molar-refractivity contribution in [3.8, 4) is 16.3 Å². The molecular formula is C27H37NOS. The third kappa shape index (κ3) is 7.75. The second kappa shape index (κ2) is 13.4. The van der Waals surface area contributed by atoms with Crippen LogP contribution in [0.1, 0.15) is 84.0 Å². The predicted molar refractivity (Wildman–Crippen MR) is 132 cm³/mol. The van der Waals surface area contributed by atoms with Crippen LogP contribution < -0.4 is 4.74 Å². The number of hydrogen-bond acceptors (Lipinski definition) is 3. The summed E-state index contributed by atoms with van der Waals surface area (Å²) in [6, 6.07) is 16.7. The van der Waals surface area contributed by atoms with Gasteiger partial charge in [0.15, 0.2) is 0 Å². The van der Waals surface area contributed by atoms with Crippen molar-refractivity contribution in [3.63, 3.8) is 0 Å². The van der Waals surface area contributed by atoms with E-state index < -0.39 is 0 Å². The Labute approximate surface area is 186 Å². The zero-order valence-electron chi connectivity index (χ0n) is 18.6. The van der Waals surface area contributed by atoms with Gasteiger partial charge in [-0.05, 0) is 42.8 Å². The lowest BCUT2D eigenvalue weighted by Gasteiger charge is -2.07. The number of unbranched alkanes of at least 4 members (excludes halogenated alkanes) is 11. The van der Waals surface area contributed by atoms with Crippen molar-refractivity contribution in [3.05, 3.63) is 48.5 Å². The molecule has 0 saturated heterocycles. The zero-order chi connectivity index (χ0) is 20.9. The molecule has 0 radical (unpaired) electrons. The molecule has 1 heterocycles. The predicted octanol–water partition coefficient (Wildman–Crippen LogP) is 9.04. The van der Waals surface area contributed by atoms with E-state index in [4.69, 9.17) is 9.72 Å². The highest BCUT2D eigenvalue weighted by Gasteiger charge is 2.06. The monoisotopic (exact) mass is 423 g/mol. The van der Waals surface area contributed by atoms with Crippen LogP contribution in [0, 0.1) is 0 Å². The van der Waals surface area contributed by atoms with Gasteiger partial charge in [0, 0.05) is 5.56 Å². The van der Waals surface area contributed by atoms with E-state index in [9.17, 15) is 0 Å². The van der Waals surface area contributed by atoms with E-state index in [0.29, 0.717) is 0 Å². The summed E-state index contributed by atoms with van der Waals surface area (Å²) in [5, 5.41) is 1.07. The van der Waals surface area contributed by atoms with Gasteiger partial charge in [-0.3, -0.25) is 0 Å². The summed E-state index contributed by atoms with van der Waals surface area (Å²) in [4.78, 5) is 4.73. The van der Waals surface area contributed by atoms with E-state index in [0.717, 1.165) is 34.9 Å². The van der Waals surface area contributed by atoms with Crippen LogP contribution in [0.2, 0.25) is 0 Å². The average Bonchev–Trinajstić information content (AvgIpc) is 3.22. The molecule has 162 valence electrons. The van der Waals surface area contributed by atoms with Gasteiger partial charge < -0.3 is 4.74 Å². The lowest BCUT2D eigenvalue weighted by atomic mass is 10.1. The minimum atomic E-state index is 0.817. The summed E-state index contributed by atoms with van der Waals surface area (Å²) in [7, 11) is 0. The highest BCUT2D eigenvalue weighted by molar-refractivity contribution is 7.21. The first kappa shape index (κ1) is 22.8. The van der Waals surface area contributed by atoms with E-state index in [1.165, 1.54) is 75.3 Å². The van der Waals surface area contributed by atoms with Crippen LogP contribution in [0.3, 0.4) is 0 Å². The van der Waals surface area contributed by atoms with Crippen molar-refractivity contribution in [2.24, 2.45) is 0 Å². The molecule has 0 fully saturated rings. The van der Waals surface area contributed by atoms with Crippen molar-refractivity contribution < 1.29 is 4.74 Å². The van der Waals surface area contributed by atoms with Crippen LogP contribution in [-0.4, -0.2) is 11.6 Å². The fourth-order valence-corrected chi connectivity index (χ4v) is 4.79. The van der Waals surface area contributed by atoms with Crippen LogP contribution in [0.4, 0.5) is 0 Å². The van der Waals surface area contributed by atoms with Crippen molar-refractivity contribution in [2.45, 2.75) is 84.0 Å². The SMILES string of the molecule is CCCCCCCCCCCCCCOc1ccc(-c2nc3ccccc3s2)cc1. The van der Waals surface area contributed by atoms with E-state index >= 15 is 0 Å². The molecule has 0 spiro atoms. The number of nitrogens with zero attached hydrogens (tertiary/aromatic N) is 1. The molecule has 0 amide bonds. The molecular weight excluding hydrogens is 386 g/mol. The molecule has 2 nitrogen and oxygen atoms in total. The summed E-state index contributed by atoms with van der Waals surface area (Å²) < 4.78 is 7.17. The van der Waals surface area contributed by atoms with Gasteiger partial charge in [-0.1, -0.05) is 89.7 Å². The molecule has 3 heteroatoms. The van der Waals surface area contributed by atoms with Gasteiger partial charge in [0.1, 0.15) is 10.8 Å². The van der Waals surface area contributed by atoms with Crippen molar-refractivity contribution in [2.75, 3.05) is 6.61 Å². The van der Waals surface area contributed by atoms with E-state index in [1.54, 1.807) is 11.3 Å². The molecule has 0 aliphatic heterocycles. The number of thiazole rings is 1. The smallest absolute Gasteiger partial charge is 0.124 e. The van der Waals surface area contributed by atoms with Gasteiger partial charge in [0.05, 0.1) is 16.8 Å². The Balaban J connectivity index is 1.24. The van der Waals surface area contributed by atoms with Gasteiger partial charge in [0.2, 0.25) is 0 Å². The number of aromatic nitrogens is 1. The Morgan fingerprint density at radius 1 is 0.700 bits per heavy atom. The number of rotatable bonds is 15. The van der Waals surface area contributed by atoms with Crippen molar-refractivity contribution in [1.82, 2.24) is 4.98 Å². The Kier molecular flexibility index (Phi) is 10.2. The highest BCUT2D eigenvalue weighted by Crippen LogP contribution is 2.30. The highest BCUT2D eigenvalue weighted by atomic mass is 32.1. The quantitative estimate of drug-likeness (QED) is 0.227. The summed E-state index contributed by atoms with van der Waals surface area (Å²) in [6.07, 6.45) is 16.5. The maximum atomic E-state index is 5.93. The van der Waals surface area contributed by atoms with Crippen LogP contribution in [-0.2, 0) is 0 Å². The van der Waals surface area contributed by atoms with E-state index in [1.807, 2.05) is 6.07 Å². The lowest BCUT2D eigenvalue weighted by molar-refractivity contribution is 0.304. The Hall–Kier alpha value is -1.87. The third-order valence-electron chi connectivity index (χ3n) is 5.66. The van der Waals surface area contributed by atoms with Gasteiger partial charge in [-0.15, -0.1) is 11.3 Å².